The van der Waals surface area contributed by atoms with Gasteiger partial charge in [-0.05, 0) is 133 Å². The van der Waals surface area contributed by atoms with E-state index in [1.54, 1.807) is 79.9 Å². The van der Waals surface area contributed by atoms with E-state index in [4.69, 9.17) is 4.74 Å². The molecule has 0 aliphatic carbocycles. The summed E-state index contributed by atoms with van der Waals surface area (Å²) in [6, 6.07) is 26.0. The molecule has 2 heterocycles. The number of halogens is 1. The second-order valence-electron chi connectivity index (χ2n) is 13.4. The van der Waals surface area contributed by atoms with Gasteiger partial charge in [-0.1, -0.05) is 30.3 Å². The van der Waals surface area contributed by atoms with Gasteiger partial charge in [-0.3, -0.25) is 9.59 Å². The Labute approximate surface area is 309 Å². The van der Waals surface area contributed by atoms with E-state index in [-0.39, 0.29) is 29.4 Å². The van der Waals surface area contributed by atoms with Crippen molar-refractivity contribution in [3.05, 3.63) is 114 Å². The topological polar surface area (TPSA) is 132 Å². The summed E-state index contributed by atoms with van der Waals surface area (Å²) in [5, 5.41) is 10.8. The summed E-state index contributed by atoms with van der Waals surface area (Å²) < 4.78 is 18.3. The van der Waals surface area contributed by atoms with Crippen LogP contribution >= 0.6 is 0 Å². The van der Waals surface area contributed by atoms with Crippen molar-refractivity contribution >= 4 is 46.4 Å². The van der Waals surface area contributed by atoms with Crippen molar-refractivity contribution in [1.29, 1.82) is 0 Å². The van der Waals surface area contributed by atoms with Crippen LogP contribution in [0.3, 0.4) is 0 Å². The SMILES string of the molecule is CN1CCC(C(=O)c2cccc(NC(=O)Nc3cccc(F)c3)c2)CC1.COc1ccc(NC(=O)Nc2cccc(C(=O)C3CCN(C)CC3)c2)cc1. The largest absolute Gasteiger partial charge is 0.497 e. The lowest BCUT2D eigenvalue weighted by atomic mass is 9.89. The quantitative estimate of drug-likeness (QED) is 0.129. The minimum absolute atomic E-state index is 0.0302. The van der Waals surface area contributed by atoms with Gasteiger partial charge in [0.2, 0.25) is 0 Å². The van der Waals surface area contributed by atoms with Crippen molar-refractivity contribution < 1.29 is 28.3 Å². The molecular formula is C41H47FN6O5. The van der Waals surface area contributed by atoms with E-state index in [1.807, 2.05) is 6.07 Å². The molecule has 0 aromatic heterocycles. The highest BCUT2D eigenvalue weighted by Gasteiger charge is 2.25. The van der Waals surface area contributed by atoms with Crippen LogP contribution in [0.25, 0.3) is 0 Å². The maximum Gasteiger partial charge on any atom is 0.323 e. The Kier molecular flexibility index (Phi) is 13.7. The van der Waals surface area contributed by atoms with Crippen molar-refractivity contribution in [1.82, 2.24) is 9.80 Å². The number of hydrogen-bond donors (Lipinski definition) is 4. The molecule has 2 fully saturated rings. The molecule has 11 nitrogen and oxygen atoms in total. The summed E-state index contributed by atoms with van der Waals surface area (Å²) in [6.45, 7) is 3.73. The van der Waals surface area contributed by atoms with Crippen LogP contribution in [0.1, 0.15) is 46.4 Å². The zero-order valence-corrected chi connectivity index (χ0v) is 30.4. The molecule has 4 N–H and O–H groups in total. The second-order valence-corrected chi connectivity index (χ2v) is 13.4. The highest BCUT2D eigenvalue weighted by Crippen LogP contribution is 2.24. The second kappa shape index (κ2) is 18.8. The molecule has 0 spiro atoms. The molecule has 0 saturated carbocycles. The minimum Gasteiger partial charge on any atom is -0.497 e. The molecule has 278 valence electrons. The van der Waals surface area contributed by atoms with Gasteiger partial charge in [0.1, 0.15) is 11.6 Å². The lowest BCUT2D eigenvalue weighted by Gasteiger charge is -2.28. The first-order valence-corrected chi connectivity index (χ1v) is 17.8. The molecule has 4 aromatic carbocycles. The number of nitrogens with zero attached hydrogens (tertiary/aromatic N) is 2. The number of hydrogen-bond acceptors (Lipinski definition) is 7. The third kappa shape index (κ3) is 11.7. The van der Waals surface area contributed by atoms with Crippen LogP contribution in [-0.4, -0.2) is 80.8 Å². The smallest absolute Gasteiger partial charge is 0.323 e. The van der Waals surface area contributed by atoms with Gasteiger partial charge in [-0.15, -0.1) is 0 Å². The standard InChI is InChI=1S/C21H25N3O3.C20H22FN3O2/c1-24-12-10-15(11-13-24)20(25)16-4-3-5-18(14-16)23-21(26)22-17-6-8-19(27-2)9-7-17;1-24-10-8-14(9-11-24)19(25)15-4-2-6-17(12-15)22-20(26)23-18-7-3-5-16(21)13-18/h3-9,14-15H,10-13H2,1-2H3,(H2,22,23,26);2-7,12-14H,8-11H2,1H3,(H2,22,23,26). The molecule has 53 heavy (non-hydrogen) atoms. The van der Waals surface area contributed by atoms with Crippen molar-refractivity contribution in [2.24, 2.45) is 11.8 Å². The molecule has 0 bridgehead atoms. The molecule has 2 aliphatic heterocycles. The van der Waals surface area contributed by atoms with Gasteiger partial charge in [0.05, 0.1) is 7.11 Å². The fraction of sp³-hybridized carbons (Fsp3) is 0.317. The first-order chi connectivity index (χ1) is 25.6. The van der Waals surface area contributed by atoms with Gasteiger partial charge in [-0.25, -0.2) is 14.0 Å². The molecule has 12 heteroatoms. The number of nitrogens with one attached hydrogen (secondary N) is 4. The van der Waals surface area contributed by atoms with E-state index in [0.717, 1.165) is 57.6 Å². The fourth-order valence-corrected chi connectivity index (χ4v) is 6.34. The molecule has 2 saturated heterocycles. The summed E-state index contributed by atoms with van der Waals surface area (Å²) >= 11 is 0. The lowest BCUT2D eigenvalue weighted by molar-refractivity contribution is 0.0850. The van der Waals surface area contributed by atoms with Gasteiger partial charge in [-0.2, -0.15) is 0 Å². The normalized spacial score (nSPS) is 15.3. The third-order valence-electron chi connectivity index (χ3n) is 9.42. The number of ether oxygens (including phenoxy) is 1. The van der Waals surface area contributed by atoms with Crippen molar-refractivity contribution in [3.63, 3.8) is 0 Å². The predicted molar refractivity (Wildman–Crippen MR) is 207 cm³/mol. The van der Waals surface area contributed by atoms with Crippen LogP contribution in [0.4, 0.5) is 36.7 Å². The van der Waals surface area contributed by atoms with E-state index < -0.39 is 11.8 Å². The Hall–Kier alpha value is -5.59. The van der Waals surface area contributed by atoms with E-state index in [0.29, 0.717) is 33.9 Å². The summed E-state index contributed by atoms with van der Waals surface area (Å²) in [6.07, 6.45) is 3.47. The minimum atomic E-state index is -0.487. The Balaban J connectivity index is 0.000000204. The number of amides is 4. The molecule has 0 atom stereocenters. The summed E-state index contributed by atoms with van der Waals surface area (Å²) in [7, 11) is 5.73. The first-order valence-electron chi connectivity index (χ1n) is 17.8. The van der Waals surface area contributed by atoms with Crippen molar-refractivity contribution in [3.8, 4) is 5.75 Å². The van der Waals surface area contributed by atoms with Crippen LogP contribution in [0.15, 0.2) is 97.1 Å². The summed E-state index contributed by atoms with van der Waals surface area (Å²) in [5.41, 5.74) is 3.39. The molecule has 2 aliphatic rings. The lowest BCUT2D eigenvalue weighted by Crippen LogP contribution is -2.33. The number of rotatable bonds is 9. The van der Waals surface area contributed by atoms with Gasteiger partial charge >= 0.3 is 12.1 Å². The maximum absolute atomic E-state index is 13.2. The molecular weight excluding hydrogens is 675 g/mol. The third-order valence-corrected chi connectivity index (χ3v) is 9.42. The van der Waals surface area contributed by atoms with E-state index in [9.17, 15) is 23.6 Å². The number of carbonyl (C=O) groups excluding carboxylic acids is 4. The molecule has 4 aromatic rings. The monoisotopic (exact) mass is 722 g/mol. The first kappa shape index (κ1) is 38.6. The van der Waals surface area contributed by atoms with Crippen LogP contribution < -0.4 is 26.0 Å². The van der Waals surface area contributed by atoms with E-state index >= 15 is 0 Å². The number of benzene rings is 4. The Bertz CT molecular complexity index is 1870. The van der Waals surface area contributed by atoms with Crippen molar-refractivity contribution in [2.45, 2.75) is 25.7 Å². The zero-order valence-electron chi connectivity index (χ0n) is 30.4. The number of likely N-dealkylation sites (tertiary alicyclic amines) is 2. The van der Waals surface area contributed by atoms with E-state index in [1.165, 1.54) is 18.2 Å². The van der Waals surface area contributed by atoms with Gasteiger partial charge in [0.15, 0.2) is 11.6 Å². The van der Waals surface area contributed by atoms with Crippen LogP contribution in [0.5, 0.6) is 5.75 Å². The number of Topliss-reactive ketones (excluding diaryl/α,β-unsaturated/α-hetero) is 2. The number of urea groups is 2. The Morgan fingerprint density at radius 2 is 0.962 bits per heavy atom. The van der Waals surface area contributed by atoms with Crippen LogP contribution in [0, 0.1) is 17.7 Å². The summed E-state index contributed by atoms with van der Waals surface area (Å²) in [4.78, 5) is 54.2. The Morgan fingerprint density at radius 3 is 1.38 bits per heavy atom. The highest BCUT2D eigenvalue weighted by atomic mass is 19.1. The predicted octanol–water partition coefficient (Wildman–Crippen LogP) is 7.86. The van der Waals surface area contributed by atoms with Gasteiger partial charge in [0, 0.05) is 45.7 Å². The maximum atomic E-state index is 13.2. The average molecular weight is 723 g/mol. The number of anilines is 4. The average Bonchev–Trinajstić information content (AvgIpc) is 3.15. The molecule has 0 unspecified atom stereocenters. The Morgan fingerprint density at radius 1 is 0.566 bits per heavy atom. The highest BCUT2D eigenvalue weighted by molar-refractivity contribution is 6.03. The number of carbonyl (C=O) groups is 4. The van der Waals surface area contributed by atoms with Crippen LogP contribution in [-0.2, 0) is 0 Å². The number of piperidine rings is 2. The molecule has 6 rings (SSSR count). The van der Waals surface area contributed by atoms with Gasteiger partial charge < -0.3 is 35.8 Å². The number of methoxy groups -OCH3 is 1. The van der Waals surface area contributed by atoms with Crippen molar-refractivity contribution in [2.75, 3.05) is 68.7 Å². The fourth-order valence-electron chi connectivity index (χ4n) is 6.34. The molecule has 4 amide bonds. The van der Waals surface area contributed by atoms with Gasteiger partial charge in [0.25, 0.3) is 0 Å². The summed E-state index contributed by atoms with van der Waals surface area (Å²) in [5.74, 6) is 0.663. The zero-order chi connectivity index (χ0) is 37.7. The van der Waals surface area contributed by atoms with Crippen LogP contribution in [0.2, 0.25) is 0 Å². The number of ketones is 2. The molecule has 0 radical (unpaired) electrons. The van der Waals surface area contributed by atoms with E-state index in [2.05, 4.69) is 45.2 Å².